The lowest BCUT2D eigenvalue weighted by atomic mass is 9.53. The first-order chi connectivity index (χ1) is 18.8. The van der Waals surface area contributed by atoms with Crippen molar-refractivity contribution in [2.45, 2.75) is 44.1 Å². The average molecular weight is 559 g/mol. The Balaban J connectivity index is 1.06. The summed E-state index contributed by atoms with van der Waals surface area (Å²) in [6.45, 7) is 0. The summed E-state index contributed by atoms with van der Waals surface area (Å²) in [6.07, 6.45) is 7.44. The summed E-state index contributed by atoms with van der Waals surface area (Å²) in [5.74, 6) is 2.78. The first-order valence-electron chi connectivity index (χ1n) is 13.5. The number of nitrogens with zero attached hydrogens (tertiary/aromatic N) is 1. The molecule has 1 heterocycles. The zero-order chi connectivity index (χ0) is 26.7. The number of benzene rings is 3. The molecule has 4 aromatic rings. The van der Waals surface area contributed by atoms with Gasteiger partial charge in [0, 0.05) is 27.9 Å². The molecule has 4 aliphatic rings. The van der Waals surface area contributed by atoms with E-state index in [-0.39, 0.29) is 17.4 Å². The molecule has 4 bridgehead atoms. The highest BCUT2D eigenvalue weighted by molar-refractivity contribution is 6.42. The highest BCUT2D eigenvalue weighted by Gasteiger charge is 2.51. The predicted molar refractivity (Wildman–Crippen MR) is 154 cm³/mol. The number of fused-ring (bicyclic) bond motifs is 1. The molecule has 0 saturated heterocycles. The van der Waals surface area contributed by atoms with Gasteiger partial charge in [0.05, 0.1) is 21.1 Å². The molecule has 0 aliphatic heterocycles. The van der Waals surface area contributed by atoms with E-state index in [9.17, 15) is 9.59 Å². The van der Waals surface area contributed by atoms with Crippen molar-refractivity contribution in [3.05, 3.63) is 81.8 Å². The van der Waals surface area contributed by atoms with Gasteiger partial charge >= 0.3 is 0 Å². The second kappa shape index (κ2) is 9.39. The third-order valence-corrected chi connectivity index (χ3v) is 9.50. The van der Waals surface area contributed by atoms with Crippen molar-refractivity contribution in [1.29, 1.82) is 0 Å². The number of hydrogen-bond donors (Lipinski definition) is 3. The van der Waals surface area contributed by atoms with Crippen molar-refractivity contribution in [3.8, 4) is 11.4 Å². The normalized spacial score (nSPS) is 25.1. The van der Waals surface area contributed by atoms with Crippen LogP contribution in [-0.4, -0.2) is 27.3 Å². The molecule has 4 aliphatic carbocycles. The Morgan fingerprint density at radius 3 is 2.10 bits per heavy atom. The molecule has 4 fully saturated rings. The SMILES string of the molecule is O=C(Nc1ccc(-c2nc3ccc(C(=O)NC45CC6CC(CC(C6)C4)C5)cc3[nH]2)cc1)c1ccc(Cl)c(Cl)c1. The molecule has 2 amide bonds. The Hall–Kier alpha value is -3.35. The minimum atomic E-state index is -0.274. The zero-order valence-corrected chi connectivity index (χ0v) is 22.8. The first kappa shape index (κ1) is 24.7. The number of aromatic amines is 1. The lowest BCUT2D eigenvalue weighted by Gasteiger charge is -2.56. The van der Waals surface area contributed by atoms with Gasteiger partial charge in [0.1, 0.15) is 5.82 Å². The second-order valence-corrected chi connectivity index (χ2v) is 12.4. The molecule has 1 aromatic heterocycles. The topological polar surface area (TPSA) is 86.9 Å². The van der Waals surface area contributed by atoms with Crippen LogP contribution in [0.5, 0.6) is 0 Å². The van der Waals surface area contributed by atoms with Gasteiger partial charge in [0.2, 0.25) is 0 Å². The van der Waals surface area contributed by atoms with E-state index < -0.39 is 0 Å². The predicted octanol–water partition coefficient (Wildman–Crippen LogP) is 7.49. The summed E-state index contributed by atoms with van der Waals surface area (Å²) in [5, 5.41) is 7.06. The Labute approximate surface area is 236 Å². The van der Waals surface area contributed by atoms with Crippen molar-refractivity contribution in [2.24, 2.45) is 17.8 Å². The fourth-order valence-electron chi connectivity index (χ4n) is 7.42. The maximum atomic E-state index is 13.3. The van der Waals surface area contributed by atoms with E-state index in [0.29, 0.717) is 32.7 Å². The number of anilines is 1. The molecule has 0 spiro atoms. The van der Waals surface area contributed by atoms with Crippen LogP contribution in [0.4, 0.5) is 5.69 Å². The quantitative estimate of drug-likeness (QED) is 0.237. The van der Waals surface area contributed by atoms with Gasteiger partial charge in [0.15, 0.2) is 0 Å². The molecular weight excluding hydrogens is 531 g/mol. The number of carbonyl (C=O) groups excluding carboxylic acids is 2. The van der Waals surface area contributed by atoms with Crippen molar-refractivity contribution >= 4 is 51.7 Å². The van der Waals surface area contributed by atoms with Gasteiger partial charge in [-0.2, -0.15) is 0 Å². The van der Waals surface area contributed by atoms with Crippen molar-refractivity contribution < 1.29 is 9.59 Å². The first-order valence-corrected chi connectivity index (χ1v) is 14.3. The van der Waals surface area contributed by atoms with E-state index in [1.54, 1.807) is 18.2 Å². The highest BCUT2D eigenvalue weighted by atomic mass is 35.5. The van der Waals surface area contributed by atoms with E-state index in [0.717, 1.165) is 53.6 Å². The van der Waals surface area contributed by atoms with Gasteiger partial charge in [-0.3, -0.25) is 9.59 Å². The summed E-state index contributed by atoms with van der Waals surface area (Å²) in [5.41, 5.74) is 4.21. The fraction of sp³-hybridized carbons (Fsp3) is 0.323. The summed E-state index contributed by atoms with van der Waals surface area (Å²) < 4.78 is 0. The van der Waals surface area contributed by atoms with Crippen molar-refractivity contribution in [2.75, 3.05) is 5.32 Å². The summed E-state index contributed by atoms with van der Waals surface area (Å²) in [6, 6.07) is 17.9. The van der Waals surface area contributed by atoms with Crippen LogP contribution >= 0.6 is 23.2 Å². The molecule has 3 aromatic carbocycles. The largest absolute Gasteiger partial charge is 0.347 e. The van der Waals surface area contributed by atoms with Crippen LogP contribution in [-0.2, 0) is 0 Å². The number of H-pyrrole nitrogens is 1. The highest BCUT2D eigenvalue weighted by Crippen LogP contribution is 2.55. The number of hydrogen-bond acceptors (Lipinski definition) is 3. The van der Waals surface area contributed by atoms with Gasteiger partial charge < -0.3 is 15.6 Å². The number of halogens is 2. The maximum absolute atomic E-state index is 13.3. The zero-order valence-electron chi connectivity index (χ0n) is 21.3. The average Bonchev–Trinajstić information content (AvgIpc) is 3.33. The summed E-state index contributed by atoms with van der Waals surface area (Å²) >= 11 is 12.0. The maximum Gasteiger partial charge on any atom is 0.255 e. The third-order valence-electron chi connectivity index (χ3n) is 8.76. The third kappa shape index (κ3) is 4.70. The molecule has 0 unspecified atom stereocenters. The molecule has 4 saturated carbocycles. The van der Waals surface area contributed by atoms with Gasteiger partial charge in [-0.05, 0) is 117 Å². The van der Waals surface area contributed by atoms with Gasteiger partial charge in [-0.1, -0.05) is 23.2 Å². The van der Waals surface area contributed by atoms with Crippen molar-refractivity contribution in [1.82, 2.24) is 15.3 Å². The smallest absolute Gasteiger partial charge is 0.255 e. The summed E-state index contributed by atoms with van der Waals surface area (Å²) in [7, 11) is 0. The molecule has 6 nitrogen and oxygen atoms in total. The number of rotatable bonds is 5. The Kier molecular flexibility index (Phi) is 5.94. The number of imidazole rings is 1. The lowest BCUT2D eigenvalue weighted by Crippen LogP contribution is -2.59. The van der Waals surface area contributed by atoms with Crippen LogP contribution in [0.15, 0.2) is 60.7 Å². The van der Waals surface area contributed by atoms with E-state index in [2.05, 4.69) is 15.6 Å². The standard InChI is InChI=1S/C31H28Cl2N4O2/c32-24-7-3-21(12-25(24)33)29(38)34-23-5-1-20(2-6-23)28-35-26-8-4-22(13-27(26)36-28)30(39)37-31-14-17-9-18(15-31)11-19(10-17)16-31/h1-8,12-13,17-19H,9-11,14-16H2,(H,34,38)(H,35,36)(H,37,39). The molecule has 0 radical (unpaired) electrons. The Morgan fingerprint density at radius 2 is 1.44 bits per heavy atom. The van der Waals surface area contributed by atoms with E-state index in [1.165, 1.54) is 19.3 Å². The number of aromatic nitrogens is 2. The van der Waals surface area contributed by atoms with Gasteiger partial charge in [0.25, 0.3) is 11.8 Å². The number of carbonyl (C=O) groups is 2. The van der Waals surface area contributed by atoms with Gasteiger partial charge in [-0.25, -0.2) is 4.98 Å². The molecule has 198 valence electrons. The van der Waals surface area contributed by atoms with Crippen LogP contribution < -0.4 is 10.6 Å². The van der Waals surface area contributed by atoms with Crippen molar-refractivity contribution in [3.63, 3.8) is 0 Å². The van der Waals surface area contributed by atoms with E-state index >= 15 is 0 Å². The van der Waals surface area contributed by atoms with Crippen LogP contribution in [0, 0.1) is 17.8 Å². The molecular formula is C31H28Cl2N4O2. The molecule has 8 rings (SSSR count). The van der Waals surface area contributed by atoms with Gasteiger partial charge in [-0.15, -0.1) is 0 Å². The monoisotopic (exact) mass is 558 g/mol. The van der Waals surface area contributed by atoms with Crippen LogP contribution in [0.3, 0.4) is 0 Å². The fourth-order valence-corrected chi connectivity index (χ4v) is 7.71. The Morgan fingerprint density at radius 1 is 0.795 bits per heavy atom. The molecule has 8 heteroatoms. The van der Waals surface area contributed by atoms with E-state index in [4.69, 9.17) is 28.2 Å². The molecule has 3 N–H and O–H groups in total. The number of amides is 2. The van der Waals surface area contributed by atoms with E-state index in [1.807, 2.05) is 42.5 Å². The minimum Gasteiger partial charge on any atom is -0.347 e. The Bertz CT molecular complexity index is 1580. The van der Waals surface area contributed by atoms with Crippen LogP contribution in [0.2, 0.25) is 10.0 Å². The number of nitrogens with one attached hydrogen (secondary N) is 3. The molecule has 39 heavy (non-hydrogen) atoms. The van der Waals surface area contributed by atoms with Crippen LogP contribution in [0.1, 0.15) is 59.2 Å². The lowest BCUT2D eigenvalue weighted by molar-refractivity contribution is -0.0167. The molecule has 0 atom stereocenters. The second-order valence-electron chi connectivity index (χ2n) is 11.6. The minimum absolute atomic E-state index is 0.0112. The van der Waals surface area contributed by atoms with Crippen LogP contribution in [0.25, 0.3) is 22.4 Å². The summed E-state index contributed by atoms with van der Waals surface area (Å²) in [4.78, 5) is 34.0.